The van der Waals surface area contributed by atoms with E-state index >= 15 is 0 Å². The third-order valence-corrected chi connectivity index (χ3v) is 4.80. The SMILES string of the molecule is C=C/C(OC(C)C)=C(/Cl)C(=C)C(=O)NCc1c(C)cc(C)nc1OCc1ccccc1. The molecule has 0 fully saturated rings. The Balaban J connectivity index is 2.15. The summed E-state index contributed by atoms with van der Waals surface area (Å²) in [6, 6.07) is 11.8. The molecule has 0 spiro atoms. The van der Waals surface area contributed by atoms with Crippen LogP contribution in [0, 0.1) is 13.8 Å². The Morgan fingerprint density at radius 3 is 2.55 bits per heavy atom. The maximum absolute atomic E-state index is 12.7. The summed E-state index contributed by atoms with van der Waals surface area (Å²) >= 11 is 6.30. The average molecular weight is 441 g/mol. The molecule has 6 heteroatoms. The number of halogens is 1. The third kappa shape index (κ3) is 7.00. The lowest BCUT2D eigenvalue weighted by molar-refractivity contribution is -0.117. The highest BCUT2D eigenvalue weighted by Crippen LogP contribution is 2.24. The number of nitrogens with zero attached hydrogens (tertiary/aromatic N) is 1. The van der Waals surface area contributed by atoms with E-state index in [1.54, 1.807) is 0 Å². The number of carbonyl (C=O) groups is 1. The van der Waals surface area contributed by atoms with Crippen LogP contribution in [0.15, 0.2) is 72.0 Å². The lowest BCUT2D eigenvalue weighted by Gasteiger charge is -2.16. The standard InChI is InChI=1S/C25H29ClN2O3/c1-7-22(31-16(2)3)23(26)19(6)24(29)27-14-21-17(4)13-18(5)28-25(21)30-15-20-11-9-8-10-12-20/h7-13,16H,1,6,14-15H2,2-5H3,(H,27,29)/b23-22-. The second-order valence-corrected chi connectivity index (χ2v) is 7.73. The number of amides is 1. The fraction of sp³-hybridized carbons (Fsp3) is 0.280. The fourth-order valence-electron chi connectivity index (χ4n) is 2.86. The van der Waals surface area contributed by atoms with Gasteiger partial charge in [-0.2, -0.15) is 0 Å². The molecule has 2 aromatic rings. The zero-order chi connectivity index (χ0) is 23.0. The molecule has 1 aromatic heterocycles. The number of carbonyl (C=O) groups excluding carboxylic acids is 1. The van der Waals surface area contributed by atoms with Gasteiger partial charge in [-0.15, -0.1) is 0 Å². The first kappa shape index (κ1) is 24.2. The van der Waals surface area contributed by atoms with E-state index in [0.29, 0.717) is 18.2 Å². The number of allylic oxidation sites excluding steroid dienone is 1. The zero-order valence-corrected chi connectivity index (χ0v) is 19.3. The lowest BCUT2D eigenvalue weighted by Crippen LogP contribution is -2.25. The van der Waals surface area contributed by atoms with Gasteiger partial charge in [0, 0.05) is 17.8 Å². The summed E-state index contributed by atoms with van der Waals surface area (Å²) in [5.41, 5.74) is 3.74. The molecule has 0 unspecified atom stereocenters. The summed E-state index contributed by atoms with van der Waals surface area (Å²) in [6.45, 7) is 15.7. The van der Waals surface area contributed by atoms with Gasteiger partial charge in [0.2, 0.25) is 5.88 Å². The molecule has 31 heavy (non-hydrogen) atoms. The van der Waals surface area contributed by atoms with Gasteiger partial charge < -0.3 is 14.8 Å². The molecule has 1 N–H and O–H groups in total. The van der Waals surface area contributed by atoms with Crippen LogP contribution >= 0.6 is 11.6 Å². The minimum atomic E-state index is -0.411. The summed E-state index contributed by atoms with van der Waals surface area (Å²) in [7, 11) is 0. The Kier molecular flexibility index (Phi) is 8.88. The van der Waals surface area contributed by atoms with Crippen molar-refractivity contribution < 1.29 is 14.3 Å². The first-order valence-corrected chi connectivity index (χ1v) is 10.4. The van der Waals surface area contributed by atoms with Crippen LogP contribution in [-0.4, -0.2) is 17.0 Å². The molecule has 1 heterocycles. The number of pyridine rings is 1. The van der Waals surface area contributed by atoms with Gasteiger partial charge in [0.15, 0.2) is 0 Å². The molecule has 0 aliphatic carbocycles. The molecule has 0 saturated carbocycles. The third-order valence-electron chi connectivity index (χ3n) is 4.38. The van der Waals surface area contributed by atoms with Crippen LogP contribution in [0.5, 0.6) is 5.88 Å². The zero-order valence-electron chi connectivity index (χ0n) is 18.5. The van der Waals surface area contributed by atoms with Gasteiger partial charge in [0.05, 0.1) is 16.7 Å². The van der Waals surface area contributed by atoms with Crippen molar-refractivity contribution in [3.8, 4) is 5.88 Å². The van der Waals surface area contributed by atoms with Gasteiger partial charge >= 0.3 is 0 Å². The van der Waals surface area contributed by atoms with E-state index in [2.05, 4.69) is 23.5 Å². The summed E-state index contributed by atoms with van der Waals surface area (Å²) in [4.78, 5) is 17.2. The number of hydrogen-bond donors (Lipinski definition) is 1. The van der Waals surface area contributed by atoms with E-state index in [4.69, 9.17) is 21.1 Å². The number of benzene rings is 1. The molecular formula is C25H29ClN2O3. The van der Waals surface area contributed by atoms with Crippen molar-refractivity contribution in [1.82, 2.24) is 10.3 Å². The first-order valence-electron chi connectivity index (χ1n) is 10.0. The Morgan fingerprint density at radius 1 is 1.26 bits per heavy atom. The molecule has 5 nitrogen and oxygen atoms in total. The van der Waals surface area contributed by atoms with Crippen molar-refractivity contribution in [2.45, 2.75) is 47.0 Å². The maximum atomic E-state index is 12.7. The maximum Gasteiger partial charge on any atom is 0.252 e. The number of rotatable bonds is 10. The highest BCUT2D eigenvalue weighted by Gasteiger charge is 2.17. The van der Waals surface area contributed by atoms with Crippen molar-refractivity contribution in [3.63, 3.8) is 0 Å². The molecular weight excluding hydrogens is 412 g/mol. The van der Waals surface area contributed by atoms with E-state index in [-0.39, 0.29) is 23.3 Å². The average Bonchev–Trinajstić information content (AvgIpc) is 2.74. The molecule has 0 saturated heterocycles. The van der Waals surface area contributed by atoms with Crippen molar-refractivity contribution in [1.29, 1.82) is 0 Å². The van der Waals surface area contributed by atoms with Gasteiger partial charge in [-0.25, -0.2) is 4.98 Å². The lowest BCUT2D eigenvalue weighted by atomic mass is 10.1. The minimum absolute atomic E-state index is 0.0988. The second kappa shape index (κ2) is 11.4. The molecule has 0 atom stereocenters. The number of hydrogen-bond acceptors (Lipinski definition) is 4. The van der Waals surface area contributed by atoms with Crippen LogP contribution in [-0.2, 0) is 22.7 Å². The van der Waals surface area contributed by atoms with Gasteiger partial charge in [0.25, 0.3) is 5.91 Å². The fourth-order valence-corrected chi connectivity index (χ4v) is 3.06. The predicted molar refractivity (Wildman–Crippen MR) is 125 cm³/mol. The van der Waals surface area contributed by atoms with Crippen LogP contribution in [0.3, 0.4) is 0 Å². The monoisotopic (exact) mass is 440 g/mol. The Labute approximate surface area is 189 Å². The summed E-state index contributed by atoms with van der Waals surface area (Å²) in [5, 5.41) is 2.97. The van der Waals surface area contributed by atoms with E-state index < -0.39 is 5.91 Å². The number of aryl methyl sites for hydroxylation is 2. The van der Waals surface area contributed by atoms with Crippen LogP contribution in [0.1, 0.15) is 36.2 Å². The van der Waals surface area contributed by atoms with E-state index in [9.17, 15) is 4.79 Å². The molecule has 0 aliphatic heterocycles. The second-order valence-electron chi connectivity index (χ2n) is 7.35. The molecule has 1 amide bonds. The predicted octanol–water partition coefficient (Wildman–Crippen LogP) is 5.51. The van der Waals surface area contributed by atoms with Crippen molar-refractivity contribution in [3.05, 3.63) is 94.4 Å². The summed E-state index contributed by atoms with van der Waals surface area (Å²) < 4.78 is 11.6. The summed E-state index contributed by atoms with van der Waals surface area (Å²) in [6.07, 6.45) is 1.35. The van der Waals surface area contributed by atoms with Crippen LogP contribution in [0.4, 0.5) is 0 Å². The molecule has 2 rings (SSSR count). The summed E-state index contributed by atoms with van der Waals surface area (Å²) in [5.74, 6) is 0.395. The number of ether oxygens (including phenoxy) is 2. The highest BCUT2D eigenvalue weighted by atomic mass is 35.5. The van der Waals surface area contributed by atoms with Gasteiger partial charge in [-0.3, -0.25) is 4.79 Å². The topological polar surface area (TPSA) is 60.5 Å². The quantitative estimate of drug-likeness (QED) is 0.300. The van der Waals surface area contributed by atoms with Crippen LogP contribution < -0.4 is 10.1 Å². The largest absolute Gasteiger partial charge is 0.489 e. The Hall–Kier alpha value is -3.05. The smallest absolute Gasteiger partial charge is 0.252 e. The first-order chi connectivity index (χ1) is 14.7. The van der Waals surface area contributed by atoms with E-state index in [0.717, 1.165) is 22.4 Å². The minimum Gasteiger partial charge on any atom is -0.489 e. The van der Waals surface area contributed by atoms with Crippen LogP contribution in [0.25, 0.3) is 0 Å². The molecule has 1 aromatic carbocycles. The number of nitrogens with one attached hydrogen (secondary N) is 1. The Bertz CT molecular complexity index is 982. The molecule has 0 aliphatic rings. The molecule has 0 bridgehead atoms. The van der Waals surface area contributed by atoms with E-state index in [1.165, 1.54) is 6.08 Å². The van der Waals surface area contributed by atoms with Crippen molar-refractivity contribution in [2.24, 2.45) is 0 Å². The van der Waals surface area contributed by atoms with Crippen LogP contribution in [0.2, 0.25) is 0 Å². The van der Waals surface area contributed by atoms with Gasteiger partial charge in [-0.1, -0.05) is 55.1 Å². The van der Waals surface area contributed by atoms with Crippen molar-refractivity contribution >= 4 is 17.5 Å². The molecule has 164 valence electrons. The highest BCUT2D eigenvalue weighted by molar-refractivity contribution is 6.35. The van der Waals surface area contributed by atoms with Gasteiger partial charge in [-0.05, 0) is 51.0 Å². The Morgan fingerprint density at radius 2 is 1.94 bits per heavy atom. The van der Waals surface area contributed by atoms with Gasteiger partial charge in [0.1, 0.15) is 12.4 Å². The van der Waals surface area contributed by atoms with E-state index in [1.807, 2.05) is 64.1 Å². The number of aromatic nitrogens is 1. The molecule has 0 radical (unpaired) electrons. The normalized spacial score (nSPS) is 11.5. The van der Waals surface area contributed by atoms with Crippen molar-refractivity contribution in [2.75, 3.05) is 0 Å².